The molecule has 7 nitrogen and oxygen atoms in total. The standard InChI is InChI=1S/C17H24N6O/c1-11(2)14-9-15(23(22-14)17-19-7-4-8-20-17)21-16(24)13-6-3-5-12(13)10-18/h4,7-9,11-13H,3,5-6,10,18H2,1-2H3,(H,21,24)/t12-,13-/m1/s1. The van der Waals surface area contributed by atoms with Crippen LogP contribution in [0.25, 0.3) is 5.95 Å². The number of hydrogen-bond donors (Lipinski definition) is 2. The fourth-order valence-corrected chi connectivity index (χ4v) is 3.21. The molecule has 0 bridgehead atoms. The SMILES string of the molecule is CC(C)c1cc(NC(=O)[C@@H]2CCC[C@@H]2CN)n(-c2ncccn2)n1. The molecule has 3 N–H and O–H groups in total. The van der Waals surface area contributed by atoms with Gasteiger partial charge < -0.3 is 11.1 Å². The van der Waals surface area contributed by atoms with Crippen LogP contribution in [0.1, 0.15) is 44.7 Å². The Balaban J connectivity index is 1.88. The molecule has 0 radical (unpaired) electrons. The molecule has 1 aliphatic carbocycles. The molecule has 0 saturated heterocycles. The van der Waals surface area contributed by atoms with E-state index in [9.17, 15) is 4.79 Å². The van der Waals surface area contributed by atoms with Crippen molar-refractivity contribution in [1.82, 2.24) is 19.7 Å². The first-order valence-corrected chi connectivity index (χ1v) is 8.48. The summed E-state index contributed by atoms with van der Waals surface area (Å²) in [6.07, 6.45) is 6.28. The van der Waals surface area contributed by atoms with E-state index in [-0.39, 0.29) is 23.7 Å². The van der Waals surface area contributed by atoms with Gasteiger partial charge in [0.05, 0.1) is 5.69 Å². The molecule has 2 aromatic rings. The first-order chi connectivity index (χ1) is 11.6. The van der Waals surface area contributed by atoms with Gasteiger partial charge in [0.15, 0.2) is 0 Å². The normalized spacial score (nSPS) is 20.5. The molecular weight excluding hydrogens is 304 g/mol. The van der Waals surface area contributed by atoms with E-state index in [1.165, 1.54) is 0 Å². The number of nitrogens with two attached hydrogens (primary N) is 1. The van der Waals surface area contributed by atoms with Gasteiger partial charge >= 0.3 is 0 Å². The molecular formula is C17H24N6O. The van der Waals surface area contributed by atoms with Crippen molar-refractivity contribution in [3.8, 4) is 5.95 Å². The molecule has 0 spiro atoms. The van der Waals surface area contributed by atoms with Gasteiger partial charge in [-0.15, -0.1) is 0 Å². The number of rotatable bonds is 5. The monoisotopic (exact) mass is 328 g/mol. The molecule has 0 aromatic carbocycles. The maximum absolute atomic E-state index is 12.7. The zero-order valence-electron chi connectivity index (χ0n) is 14.1. The maximum atomic E-state index is 12.7. The Hall–Kier alpha value is -2.28. The average molecular weight is 328 g/mol. The van der Waals surface area contributed by atoms with Crippen LogP contribution in [-0.4, -0.2) is 32.2 Å². The number of amides is 1. The van der Waals surface area contributed by atoms with Crippen LogP contribution < -0.4 is 11.1 Å². The van der Waals surface area contributed by atoms with Crippen molar-refractivity contribution in [3.63, 3.8) is 0 Å². The van der Waals surface area contributed by atoms with Crippen molar-refractivity contribution in [2.45, 2.75) is 39.0 Å². The summed E-state index contributed by atoms with van der Waals surface area (Å²) in [5.41, 5.74) is 6.69. The molecule has 2 atom stereocenters. The molecule has 128 valence electrons. The van der Waals surface area contributed by atoms with Crippen LogP contribution in [0, 0.1) is 11.8 Å². The highest BCUT2D eigenvalue weighted by atomic mass is 16.2. The smallest absolute Gasteiger partial charge is 0.252 e. The zero-order valence-corrected chi connectivity index (χ0v) is 14.1. The fraction of sp³-hybridized carbons (Fsp3) is 0.529. The van der Waals surface area contributed by atoms with E-state index in [4.69, 9.17) is 5.73 Å². The molecule has 3 rings (SSSR count). The van der Waals surface area contributed by atoms with Gasteiger partial charge in [-0.3, -0.25) is 4.79 Å². The number of hydrogen-bond acceptors (Lipinski definition) is 5. The van der Waals surface area contributed by atoms with Gasteiger partial charge in [-0.05, 0) is 37.3 Å². The molecule has 7 heteroatoms. The summed E-state index contributed by atoms with van der Waals surface area (Å²) in [6.45, 7) is 4.67. The fourth-order valence-electron chi connectivity index (χ4n) is 3.21. The maximum Gasteiger partial charge on any atom is 0.252 e. The summed E-state index contributed by atoms with van der Waals surface area (Å²) in [5.74, 6) is 1.54. The van der Waals surface area contributed by atoms with Gasteiger partial charge in [0.2, 0.25) is 5.91 Å². The quantitative estimate of drug-likeness (QED) is 0.875. The number of aromatic nitrogens is 4. The van der Waals surface area contributed by atoms with Crippen molar-refractivity contribution in [3.05, 3.63) is 30.2 Å². The Kier molecular flexibility index (Phi) is 4.89. The number of carbonyl (C=O) groups excluding carboxylic acids is 1. The molecule has 0 aliphatic heterocycles. The Bertz CT molecular complexity index is 696. The lowest BCUT2D eigenvalue weighted by Crippen LogP contribution is -2.30. The highest BCUT2D eigenvalue weighted by molar-refractivity contribution is 5.92. The first-order valence-electron chi connectivity index (χ1n) is 8.48. The second-order valence-electron chi connectivity index (χ2n) is 6.59. The predicted octanol–water partition coefficient (Wildman–Crippen LogP) is 2.10. The number of nitrogens with zero attached hydrogens (tertiary/aromatic N) is 4. The van der Waals surface area contributed by atoms with Crippen molar-refractivity contribution in [2.75, 3.05) is 11.9 Å². The van der Waals surface area contributed by atoms with Gasteiger partial charge in [-0.1, -0.05) is 20.3 Å². The third-order valence-electron chi connectivity index (χ3n) is 4.61. The number of nitrogens with one attached hydrogen (secondary N) is 1. The summed E-state index contributed by atoms with van der Waals surface area (Å²) >= 11 is 0. The van der Waals surface area contributed by atoms with Crippen molar-refractivity contribution < 1.29 is 4.79 Å². The molecule has 1 amide bonds. The van der Waals surface area contributed by atoms with E-state index < -0.39 is 0 Å². The largest absolute Gasteiger partial charge is 0.330 e. The van der Waals surface area contributed by atoms with Crippen LogP contribution in [0.2, 0.25) is 0 Å². The van der Waals surface area contributed by atoms with Gasteiger partial charge in [-0.25, -0.2) is 9.97 Å². The molecule has 2 heterocycles. The third kappa shape index (κ3) is 3.31. The molecule has 24 heavy (non-hydrogen) atoms. The minimum atomic E-state index is -0.0301. The van der Waals surface area contributed by atoms with Gasteiger partial charge in [0.1, 0.15) is 5.82 Å². The minimum Gasteiger partial charge on any atom is -0.330 e. The van der Waals surface area contributed by atoms with Crippen LogP contribution in [0.15, 0.2) is 24.5 Å². The molecule has 1 fully saturated rings. The highest BCUT2D eigenvalue weighted by Gasteiger charge is 2.32. The van der Waals surface area contributed by atoms with E-state index in [1.54, 1.807) is 23.1 Å². The second-order valence-corrected chi connectivity index (χ2v) is 6.59. The van der Waals surface area contributed by atoms with Crippen LogP contribution >= 0.6 is 0 Å². The summed E-state index contributed by atoms with van der Waals surface area (Å²) in [4.78, 5) is 21.2. The van der Waals surface area contributed by atoms with E-state index in [1.807, 2.05) is 6.07 Å². The molecule has 0 unspecified atom stereocenters. The first kappa shape index (κ1) is 16.6. The number of carbonyl (C=O) groups is 1. The zero-order chi connectivity index (χ0) is 17.1. The van der Waals surface area contributed by atoms with Crippen molar-refractivity contribution in [2.24, 2.45) is 17.6 Å². The van der Waals surface area contributed by atoms with Crippen LogP contribution in [0.3, 0.4) is 0 Å². The summed E-state index contributed by atoms with van der Waals surface area (Å²) < 4.78 is 1.60. The Morgan fingerprint density at radius 2 is 2.12 bits per heavy atom. The molecule has 1 aliphatic rings. The lowest BCUT2D eigenvalue weighted by Gasteiger charge is -2.17. The van der Waals surface area contributed by atoms with E-state index in [2.05, 4.69) is 34.2 Å². The van der Waals surface area contributed by atoms with Crippen molar-refractivity contribution >= 4 is 11.7 Å². The Labute approximate surface area is 141 Å². The summed E-state index contributed by atoms with van der Waals surface area (Å²) in [7, 11) is 0. The number of anilines is 1. The van der Waals surface area contributed by atoms with E-state index >= 15 is 0 Å². The lowest BCUT2D eigenvalue weighted by molar-refractivity contribution is -0.120. The van der Waals surface area contributed by atoms with Gasteiger partial charge in [0, 0.05) is 24.4 Å². The predicted molar refractivity (Wildman–Crippen MR) is 91.8 cm³/mol. The second kappa shape index (κ2) is 7.09. The average Bonchev–Trinajstić information content (AvgIpc) is 3.22. The van der Waals surface area contributed by atoms with Crippen LogP contribution in [0.5, 0.6) is 0 Å². The van der Waals surface area contributed by atoms with E-state index in [0.29, 0.717) is 18.3 Å². The minimum absolute atomic E-state index is 0.00957. The molecule has 2 aromatic heterocycles. The summed E-state index contributed by atoms with van der Waals surface area (Å²) in [5, 5.41) is 7.57. The summed E-state index contributed by atoms with van der Waals surface area (Å²) in [6, 6.07) is 3.64. The van der Waals surface area contributed by atoms with Crippen LogP contribution in [0.4, 0.5) is 5.82 Å². The third-order valence-corrected chi connectivity index (χ3v) is 4.61. The van der Waals surface area contributed by atoms with Crippen molar-refractivity contribution in [1.29, 1.82) is 0 Å². The van der Waals surface area contributed by atoms with Gasteiger partial charge in [-0.2, -0.15) is 9.78 Å². The van der Waals surface area contributed by atoms with Crippen LogP contribution in [-0.2, 0) is 4.79 Å². The van der Waals surface area contributed by atoms with E-state index in [0.717, 1.165) is 25.0 Å². The highest BCUT2D eigenvalue weighted by Crippen LogP contribution is 2.32. The van der Waals surface area contributed by atoms with Gasteiger partial charge in [0.25, 0.3) is 5.95 Å². The Morgan fingerprint density at radius 3 is 2.79 bits per heavy atom. The Morgan fingerprint density at radius 1 is 1.38 bits per heavy atom. The lowest BCUT2D eigenvalue weighted by atomic mass is 9.95. The molecule has 1 saturated carbocycles. The topological polar surface area (TPSA) is 98.7 Å².